The van der Waals surface area contributed by atoms with Gasteiger partial charge in [-0.15, -0.1) is 0 Å². The molecule has 0 N–H and O–H groups in total. The Morgan fingerprint density at radius 1 is 1.15 bits per heavy atom. The van der Waals surface area contributed by atoms with Gasteiger partial charge in [-0.25, -0.2) is 9.67 Å². The number of hydrogen-bond acceptors (Lipinski definition) is 4. The lowest BCUT2D eigenvalue weighted by Crippen LogP contribution is -2.15. The molecule has 0 radical (unpaired) electrons. The number of nitrogens with zero attached hydrogens (tertiary/aromatic N) is 4. The van der Waals surface area contributed by atoms with Crippen molar-refractivity contribution in [3.8, 4) is 5.75 Å². The van der Waals surface area contributed by atoms with E-state index < -0.39 is 0 Å². The minimum Gasteiger partial charge on any atom is -0.497 e. The molecule has 0 aliphatic rings. The van der Waals surface area contributed by atoms with E-state index in [1.807, 2.05) is 24.4 Å². The van der Waals surface area contributed by atoms with Crippen molar-refractivity contribution < 1.29 is 4.74 Å². The molecule has 0 bridgehead atoms. The molecule has 0 amide bonds. The lowest BCUT2D eigenvalue weighted by Gasteiger charge is -2.08. The fourth-order valence-corrected chi connectivity index (χ4v) is 3.90. The molecule has 128 valence electrons. The summed E-state index contributed by atoms with van der Waals surface area (Å²) in [5, 5.41) is 6.83. The fourth-order valence-electron chi connectivity index (χ4n) is 3.54. The average molecular weight is 409 g/mol. The van der Waals surface area contributed by atoms with Gasteiger partial charge >= 0.3 is 0 Å². The smallest absolute Gasteiger partial charge is 0.194 e. The Kier molecular flexibility index (Phi) is 3.27. The number of benzene rings is 2. The summed E-state index contributed by atoms with van der Waals surface area (Å²) in [5.41, 5.74) is 2.59. The van der Waals surface area contributed by atoms with Gasteiger partial charge in [0.25, 0.3) is 0 Å². The van der Waals surface area contributed by atoms with E-state index in [9.17, 15) is 4.79 Å². The molecule has 26 heavy (non-hydrogen) atoms. The summed E-state index contributed by atoms with van der Waals surface area (Å²) in [4.78, 5) is 17.1. The number of fused-ring (bicyclic) bond motifs is 3. The molecule has 5 rings (SSSR count). The van der Waals surface area contributed by atoms with Crippen LogP contribution >= 0.6 is 15.9 Å². The highest BCUT2D eigenvalue weighted by Gasteiger charge is 2.17. The molecule has 0 aliphatic heterocycles. The van der Waals surface area contributed by atoms with E-state index in [4.69, 9.17) is 4.74 Å². The van der Waals surface area contributed by atoms with Gasteiger partial charge in [-0.2, -0.15) is 5.10 Å². The third-order valence-corrected chi connectivity index (χ3v) is 5.18. The Hall–Kier alpha value is -2.93. The first kappa shape index (κ1) is 15.3. The van der Waals surface area contributed by atoms with E-state index in [0.29, 0.717) is 23.2 Å². The van der Waals surface area contributed by atoms with Crippen LogP contribution in [0.5, 0.6) is 5.75 Å². The zero-order valence-electron chi connectivity index (χ0n) is 13.8. The van der Waals surface area contributed by atoms with Crippen molar-refractivity contribution in [2.75, 3.05) is 7.11 Å². The molecule has 5 aromatic rings. The molecule has 0 atom stereocenters. The second kappa shape index (κ2) is 5.54. The van der Waals surface area contributed by atoms with E-state index in [-0.39, 0.29) is 5.43 Å². The third kappa shape index (κ3) is 2.13. The Morgan fingerprint density at radius 3 is 2.77 bits per heavy atom. The summed E-state index contributed by atoms with van der Waals surface area (Å²) in [6.45, 7) is 0.368. The average Bonchev–Trinajstić information content (AvgIpc) is 3.26. The van der Waals surface area contributed by atoms with Gasteiger partial charge in [-0.1, -0.05) is 15.9 Å². The summed E-state index contributed by atoms with van der Waals surface area (Å²) in [6, 6.07) is 9.91. The van der Waals surface area contributed by atoms with Gasteiger partial charge in [0.15, 0.2) is 5.43 Å². The second-order valence-corrected chi connectivity index (χ2v) is 7.09. The zero-order chi connectivity index (χ0) is 17.8. The van der Waals surface area contributed by atoms with Crippen molar-refractivity contribution in [1.82, 2.24) is 19.2 Å². The molecular formula is C19H13BrN4O2. The molecule has 7 heteroatoms. The maximum atomic E-state index is 13.1. The van der Waals surface area contributed by atoms with E-state index in [0.717, 1.165) is 26.3 Å². The first-order valence-corrected chi connectivity index (χ1v) is 8.84. The molecule has 0 aliphatic carbocycles. The Morgan fingerprint density at radius 2 is 2.00 bits per heavy atom. The quantitative estimate of drug-likeness (QED) is 0.458. The van der Waals surface area contributed by atoms with E-state index >= 15 is 0 Å². The van der Waals surface area contributed by atoms with Crippen LogP contribution in [0.3, 0.4) is 0 Å². The molecule has 0 spiro atoms. The van der Waals surface area contributed by atoms with Crippen molar-refractivity contribution in [2.24, 2.45) is 0 Å². The number of hydrogen-bond donors (Lipinski definition) is 0. The Balaban J connectivity index is 1.94. The van der Waals surface area contributed by atoms with Crippen molar-refractivity contribution in [3.63, 3.8) is 0 Å². The number of ether oxygens (including phenoxy) is 1. The highest BCUT2D eigenvalue weighted by atomic mass is 79.9. The van der Waals surface area contributed by atoms with Gasteiger partial charge in [0.1, 0.15) is 18.4 Å². The SMILES string of the molecule is COc1cc2c(=O)c(Cn3cncn3)cn3c4ccc(Br)cc4c(c1)c23. The van der Waals surface area contributed by atoms with Crippen LogP contribution in [0.25, 0.3) is 27.2 Å². The summed E-state index contributed by atoms with van der Waals surface area (Å²) in [5.74, 6) is 0.668. The number of halogens is 1. The minimum absolute atomic E-state index is 0.0150. The summed E-state index contributed by atoms with van der Waals surface area (Å²) >= 11 is 3.54. The van der Waals surface area contributed by atoms with Crippen LogP contribution in [0.4, 0.5) is 0 Å². The molecule has 0 unspecified atom stereocenters. The van der Waals surface area contributed by atoms with Crippen LogP contribution in [0.2, 0.25) is 0 Å². The molecule has 0 saturated carbocycles. The van der Waals surface area contributed by atoms with Gasteiger partial charge in [0.2, 0.25) is 0 Å². The monoisotopic (exact) mass is 408 g/mol. The van der Waals surface area contributed by atoms with Gasteiger partial charge in [0, 0.05) is 27.0 Å². The normalized spacial score (nSPS) is 11.8. The van der Waals surface area contributed by atoms with Crippen molar-refractivity contribution >= 4 is 43.1 Å². The number of methoxy groups -OCH3 is 1. The summed E-state index contributed by atoms with van der Waals surface area (Å²) < 4.78 is 10.2. The van der Waals surface area contributed by atoms with Crippen LogP contribution < -0.4 is 10.2 Å². The molecule has 3 heterocycles. The van der Waals surface area contributed by atoms with E-state index in [2.05, 4.69) is 42.5 Å². The molecule has 0 fully saturated rings. The molecule has 6 nitrogen and oxygen atoms in total. The van der Waals surface area contributed by atoms with Crippen molar-refractivity contribution in [1.29, 1.82) is 0 Å². The highest BCUT2D eigenvalue weighted by molar-refractivity contribution is 9.10. The first-order valence-electron chi connectivity index (χ1n) is 8.04. The van der Waals surface area contributed by atoms with Crippen LogP contribution in [0.15, 0.2) is 58.5 Å². The molecular weight excluding hydrogens is 396 g/mol. The fraction of sp³-hybridized carbons (Fsp3) is 0.105. The molecule has 2 aromatic carbocycles. The highest BCUT2D eigenvalue weighted by Crippen LogP contribution is 2.35. The van der Waals surface area contributed by atoms with Gasteiger partial charge < -0.3 is 9.14 Å². The molecule has 0 saturated heterocycles. The van der Waals surface area contributed by atoms with Gasteiger partial charge in [-0.3, -0.25) is 4.79 Å². The Labute approximate surface area is 156 Å². The predicted octanol–water partition coefficient (Wildman–Crippen LogP) is 3.45. The van der Waals surface area contributed by atoms with Gasteiger partial charge in [0.05, 0.1) is 30.1 Å². The zero-order valence-corrected chi connectivity index (χ0v) is 15.4. The minimum atomic E-state index is -0.0150. The van der Waals surface area contributed by atoms with Crippen molar-refractivity contribution in [2.45, 2.75) is 6.54 Å². The van der Waals surface area contributed by atoms with Crippen LogP contribution in [-0.4, -0.2) is 26.3 Å². The van der Waals surface area contributed by atoms with Crippen LogP contribution in [-0.2, 0) is 6.54 Å². The summed E-state index contributed by atoms with van der Waals surface area (Å²) in [6.07, 6.45) is 4.98. The number of aromatic nitrogens is 4. The van der Waals surface area contributed by atoms with E-state index in [1.54, 1.807) is 18.1 Å². The van der Waals surface area contributed by atoms with Crippen LogP contribution in [0.1, 0.15) is 5.56 Å². The third-order valence-electron chi connectivity index (χ3n) is 4.69. The first-order chi connectivity index (χ1) is 12.7. The lowest BCUT2D eigenvalue weighted by molar-refractivity contribution is 0.416. The van der Waals surface area contributed by atoms with E-state index in [1.165, 1.54) is 6.33 Å². The topological polar surface area (TPSA) is 61.4 Å². The molecule has 3 aromatic heterocycles. The Bertz CT molecular complexity index is 1330. The number of rotatable bonds is 3. The second-order valence-electron chi connectivity index (χ2n) is 6.18. The van der Waals surface area contributed by atoms with Crippen molar-refractivity contribution in [3.05, 3.63) is 69.4 Å². The lowest BCUT2D eigenvalue weighted by atomic mass is 10.1. The summed E-state index contributed by atoms with van der Waals surface area (Å²) in [7, 11) is 1.61. The standard InChI is InChI=1S/C19H13BrN4O2/c1-26-13-5-15-14-4-12(20)2-3-17(14)24-8-11(7-23-10-21-9-22-23)19(25)16(6-13)18(15)24/h2-6,8-10H,7H2,1H3. The van der Waals surface area contributed by atoms with Gasteiger partial charge in [-0.05, 0) is 30.3 Å². The van der Waals surface area contributed by atoms with Crippen LogP contribution in [0, 0.1) is 0 Å². The maximum absolute atomic E-state index is 13.1. The predicted molar refractivity (Wildman–Crippen MR) is 103 cm³/mol. The number of pyridine rings is 1. The maximum Gasteiger partial charge on any atom is 0.194 e. The largest absolute Gasteiger partial charge is 0.497 e.